The van der Waals surface area contributed by atoms with Gasteiger partial charge in [-0.05, 0) is 62.9 Å². The third-order valence-electron chi connectivity index (χ3n) is 4.85. The van der Waals surface area contributed by atoms with Crippen molar-refractivity contribution in [2.24, 2.45) is 5.73 Å². The number of rotatable bonds is 5. The predicted octanol–water partition coefficient (Wildman–Crippen LogP) is 3.61. The number of benzene rings is 1. The van der Waals surface area contributed by atoms with Gasteiger partial charge in [0, 0.05) is 18.5 Å². The van der Waals surface area contributed by atoms with E-state index in [4.69, 9.17) is 5.73 Å². The van der Waals surface area contributed by atoms with E-state index in [1.807, 2.05) is 0 Å². The zero-order valence-corrected chi connectivity index (χ0v) is 13.4. The molecule has 0 aromatic heterocycles. The molecule has 1 aromatic rings. The minimum atomic E-state index is 0.487. The topological polar surface area (TPSA) is 29.3 Å². The van der Waals surface area contributed by atoms with Gasteiger partial charge in [-0.25, -0.2) is 0 Å². The Labute approximate surface area is 124 Å². The van der Waals surface area contributed by atoms with Crippen molar-refractivity contribution in [3.05, 3.63) is 34.9 Å². The third-order valence-corrected chi connectivity index (χ3v) is 4.85. The number of hydrogen-bond acceptors (Lipinski definition) is 2. The first-order chi connectivity index (χ1) is 9.67. The molecule has 0 spiro atoms. The normalized spacial score (nSPS) is 21.9. The first-order valence-electron chi connectivity index (χ1n) is 8.18. The molecule has 2 nitrogen and oxygen atoms in total. The second-order valence-electron chi connectivity index (χ2n) is 6.28. The highest BCUT2D eigenvalue weighted by atomic mass is 15.2. The summed E-state index contributed by atoms with van der Waals surface area (Å²) in [7, 11) is 0. The Morgan fingerprint density at radius 2 is 2.05 bits per heavy atom. The van der Waals surface area contributed by atoms with E-state index < -0.39 is 0 Å². The van der Waals surface area contributed by atoms with Crippen LogP contribution in [0.1, 0.15) is 55.2 Å². The fourth-order valence-electron chi connectivity index (χ4n) is 3.55. The molecule has 1 aromatic carbocycles. The number of hydrogen-bond donors (Lipinski definition) is 1. The molecule has 1 aliphatic rings. The summed E-state index contributed by atoms with van der Waals surface area (Å²) in [4.78, 5) is 2.68. The molecule has 2 unspecified atom stereocenters. The van der Waals surface area contributed by atoms with Crippen molar-refractivity contribution in [2.75, 3.05) is 19.6 Å². The van der Waals surface area contributed by atoms with Crippen molar-refractivity contribution in [3.8, 4) is 0 Å². The predicted molar refractivity (Wildman–Crippen MR) is 87.2 cm³/mol. The van der Waals surface area contributed by atoms with Gasteiger partial charge in [0.2, 0.25) is 0 Å². The van der Waals surface area contributed by atoms with E-state index in [2.05, 4.69) is 43.9 Å². The number of piperidine rings is 1. The van der Waals surface area contributed by atoms with Crippen molar-refractivity contribution >= 4 is 0 Å². The maximum Gasteiger partial charge on any atom is 0.0176 e. The minimum absolute atomic E-state index is 0.487. The lowest BCUT2D eigenvalue weighted by atomic mass is 9.84. The van der Waals surface area contributed by atoms with Crippen LogP contribution < -0.4 is 5.73 Å². The lowest BCUT2D eigenvalue weighted by Gasteiger charge is -2.40. The monoisotopic (exact) mass is 274 g/mol. The molecule has 0 amide bonds. The highest BCUT2D eigenvalue weighted by Crippen LogP contribution is 2.30. The van der Waals surface area contributed by atoms with Crippen LogP contribution in [0.5, 0.6) is 0 Å². The molecule has 2 N–H and O–H groups in total. The van der Waals surface area contributed by atoms with E-state index in [0.29, 0.717) is 12.0 Å². The lowest BCUT2D eigenvalue weighted by molar-refractivity contribution is 0.127. The van der Waals surface area contributed by atoms with Crippen LogP contribution in [0.2, 0.25) is 0 Å². The maximum atomic E-state index is 6.16. The van der Waals surface area contributed by atoms with Gasteiger partial charge in [0.05, 0.1) is 0 Å². The molecule has 0 radical (unpaired) electrons. The highest BCUT2D eigenvalue weighted by molar-refractivity contribution is 5.33. The Bertz CT molecular complexity index is 425. The van der Waals surface area contributed by atoms with E-state index in [1.165, 1.54) is 55.5 Å². The smallest absolute Gasteiger partial charge is 0.0176 e. The molecule has 1 saturated heterocycles. The molecule has 0 aliphatic carbocycles. The molecule has 2 heteroatoms. The average molecular weight is 274 g/mol. The van der Waals surface area contributed by atoms with E-state index in [9.17, 15) is 0 Å². The molecule has 20 heavy (non-hydrogen) atoms. The largest absolute Gasteiger partial charge is 0.330 e. The number of nitrogens with two attached hydrogens (primary N) is 1. The molecule has 1 heterocycles. The fourth-order valence-corrected chi connectivity index (χ4v) is 3.55. The molecule has 1 fully saturated rings. The Hall–Kier alpha value is -0.860. The zero-order chi connectivity index (χ0) is 14.5. The first-order valence-corrected chi connectivity index (χ1v) is 8.18. The van der Waals surface area contributed by atoms with E-state index >= 15 is 0 Å². The van der Waals surface area contributed by atoms with Gasteiger partial charge in [0.25, 0.3) is 0 Å². The number of aryl methyl sites for hydroxylation is 2. The molecule has 112 valence electrons. The van der Waals surface area contributed by atoms with Crippen LogP contribution in [0, 0.1) is 13.8 Å². The van der Waals surface area contributed by atoms with Gasteiger partial charge in [-0.3, -0.25) is 4.90 Å². The standard InChI is InChI=1S/C18H30N2/c1-4-10-20-11-6-5-7-18(20)17(13-19)16-9-8-14(2)15(3)12-16/h8-9,12,17-18H,4-7,10-11,13,19H2,1-3H3. The van der Waals surface area contributed by atoms with E-state index in [1.54, 1.807) is 0 Å². The SMILES string of the molecule is CCCN1CCCCC1C(CN)c1ccc(C)c(C)c1. The zero-order valence-electron chi connectivity index (χ0n) is 13.4. The third kappa shape index (κ3) is 3.42. The second-order valence-corrected chi connectivity index (χ2v) is 6.28. The summed E-state index contributed by atoms with van der Waals surface area (Å²) in [5.41, 5.74) is 10.4. The van der Waals surface area contributed by atoms with Crippen LogP contribution in [0.25, 0.3) is 0 Å². The van der Waals surface area contributed by atoms with Crippen molar-refractivity contribution in [3.63, 3.8) is 0 Å². The van der Waals surface area contributed by atoms with Gasteiger partial charge in [0.15, 0.2) is 0 Å². The van der Waals surface area contributed by atoms with E-state index in [0.717, 1.165) is 6.54 Å². The van der Waals surface area contributed by atoms with Crippen LogP contribution in [-0.4, -0.2) is 30.6 Å². The summed E-state index contributed by atoms with van der Waals surface area (Å²) < 4.78 is 0. The van der Waals surface area contributed by atoms with Crippen molar-refractivity contribution in [1.29, 1.82) is 0 Å². The number of nitrogens with zero attached hydrogens (tertiary/aromatic N) is 1. The van der Waals surface area contributed by atoms with Gasteiger partial charge in [0.1, 0.15) is 0 Å². The van der Waals surface area contributed by atoms with Gasteiger partial charge < -0.3 is 5.73 Å². The first kappa shape index (κ1) is 15.5. The quantitative estimate of drug-likeness (QED) is 0.888. The maximum absolute atomic E-state index is 6.16. The molecule has 2 rings (SSSR count). The number of likely N-dealkylation sites (tertiary alicyclic amines) is 1. The minimum Gasteiger partial charge on any atom is -0.330 e. The van der Waals surface area contributed by atoms with Crippen LogP contribution in [0.3, 0.4) is 0 Å². The summed E-state index contributed by atoms with van der Waals surface area (Å²) >= 11 is 0. The molecule has 0 saturated carbocycles. The Morgan fingerprint density at radius 3 is 2.70 bits per heavy atom. The molecule has 0 bridgehead atoms. The molecular formula is C18H30N2. The van der Waals surface area contributed by atoms with Gasteiger partial charge >= 0.3 is 0 Å². The average Bonchev–Trinajstić information content (AvgIpc) is 2.45. The second kappa shape index (κ2) is 7.24. The highest BCUT2D eigenvalue weighted by Gasteiger charge is 2.29. The van der Waals surface area contributed by atoms with Gasteiger partial charge in [-0.15, -0.1) is 0 Å². The van der Waals surface area contributed by atoms with Crippen molar-refractivity contribution in [2.45, 2.75) is 58.4 Å². The summed E-state index contributed by atoms with van der Waals surface area (Å²) in [6.07, 6.45) is 5.24. The van der Waals surface area contributed by atoms with Gasteiger partial charge in [-0.2, -0.15) is 0 Å². The van der Waals surface area contributed by atoms with E-state index in [-0.39, 0.29) is 0 Å². The Morgan fingerprint density at radius 1 is 1.25 bits per heavy atom. The lowest BCUT2D eigenvalue weighted by Crippen LogP contribution is -2.45. The summed E-state index contributed by atoms with van der Waals surface area (Å²) in [6.45, 7) is 9.88. The fraction of sp³-hybridized carbons (Fsp3) is 0.667. The Balaban J connectivity index is 2.22. The summed E-state index contributed by atoms with van der Waals surface area (Å²) in [6, 6.07) is 7.53. The Kier molecular flexibility index (Phi) is 5.62. The molecule has 1 aliphatic heterocycles. The van der Waals surface area contributed by atoms with Crippen LogP contribution in [0.4, 0.5) is 0 Å². The summed E-state index contributed by atoms with van der Waals surface area (Å²) in [5, 5.41) is 0. The molecule has 2 atom stereocenters. The van der Waals surface area contributed by atoms with Crippen LogP contribution >= 0.6 is 0 Å². The van der Waals surface area contributed by atoms with Crippen LogP contribution in [0.15, 0.2) is 18.2 Å². The van der Waals surface area contributed by atoms with Crippen molar-refractivity contribution in [1.82, 2.24) is 4.90 Å². The van der Waals surface area contributed by atoms with Crippen molar-refractivity contribution < 1.29 is 0 Å². The summed E-state index contributed by atoms with van der Waals surface area (Å²) in [5.74, 6) is 0.487. The van der Waals surface area contributed by atoms with Gasteiger partial charge in [-0.1, -0.05) is 31.5 Å². The molecular weight excluding hydrogens is 244 g/mol. The van der Waals surface area contributed by atoms with Crippen LogP contribution in [-0.2, 0) is 0 Å².